The van der Waals surface area contributed by atoms with Crippen molar-refractivity contribution >= 4 is 0 Å². The first-order valence-corrected chi connectivity index (χ1v) is 7.44. The maximum atomic E-state index is 13.7. The molecule has 3 atom stereocenters. The summed E-state index contributed by atoms with van der Waals surface area (Å²) in [6.07, 6.45) is 1.07. The number of nitrogens with one attached hydrogen (secondary N) is 1. The molecule has 1 heterocycles. The summed E-state index contributed by atoms with van der Waals surface area (Å²) in [5, 5.41) is 3.52. The Bertz CT molecular complexity index is 450. The van der Waals surface area contributed by atoms with Crippen molar-refractivity contribution in [3.05, 3.63) is 35.4 Å². The third-order valence-corrected chi connectivity index (χ3v) is 4.55. The lowest BCUT2D eigenvalue weighted by atomic mass is 9.86. The summed E-state index contributed by atoms with van der Waals surface area (Å²) in [7, 11) is 0. The molecule has 1 aromatic carbocycles. The predicted molar refractivity (Wildman–Crippen MR) is 77.5 cm³/mol. The first-order chi connectivity index (χ1) is 9.52. The quantitative estimate of drug-likeness (QED) is 0.912. The Morgan fingerprint density at radius 2 is 2.05 bits per heavy atom. The third kappa shape index (κ3) is 3.36. The average Bonchev–Trinajstić information content (AvgIpc) is 2.41. The molecular formula is C16H24F2N2. The van der Waals surface area contributed by atoms with Gasteiger partial charge in [0.1, 0.15) is 11.6 Å². The highest BCUT2D eigenvalue weighted by atomic mass is 19.1. The largest absolute Gasteiger partial charge is 0.314 e. The van der Waals surface area contributed by atoms with Crippen molar-refractivity contribution in [3.8, 4) is 0 Å². The van der Waals surface area contributed by atoms with Crippen LogP contribution in [0.2, 0.25) is 0 Å². The summed E-state index contributed by atoms with van der Waals surface area (Å²) >= 11 is 0. The molecule has 1 aliphatic rings. The van der Waals surface area contributed by atoms with Crippen molar-refractivity contribution in [3.63, 3.8) is 0 Å². The summed E-state index contributed by atoms with van der Waals surface area (Å²) in [5.41, 5.74) is 0.576. The van der Waals surface area contributed by atoms with Crippen molar-refractivity contribution in [1.82, 2.24) is 10.2 Å². The molecular weight excluding hydrogens is 258 g/mol. The van der Waals surface area contributed by atoms with Gasteiger partial charge >= 0.3 is 0 Å². The first-order valence-electron chi connectivity index (χ1n) is 7.44. The Morgan fingerprint density at radius 1 is 1.30 bits per heavy atom. The summed E-state index contributed by atoms with van der Waals surface area (Å²) < 4.78 is 26.7. The van der Waals surface area contributed by atoms with Gasteiger partial charge in [0.25, 0.3) is 0 Å². The molecule has 1 aromatic rings. The highest BCUT2D eigenvalue weighted by Gasteiger charge is 2.32. The molecule has 0 aliphatic carbocycles. The molecule has 0 saturated carbocycles. The lowest BCUT2D eigenvalue weighted by Crippen LogP contribution is -2.52. The van der Waals surface area contributed by atoms with Crippen molar-refractivity contribution in [2.75, 3.05) is 13.1 Å². The number of rotatable bonds is 4. The van der Waals surface area contributed by atoms with Crippen LogP contribution >= 0.6 is 0 Å². The first kappa shape index (κ1) is 15.4. The molecule has 0 aromatic heterocycles. The standard InChI is InChI=1S/C16H24F2N2/c1-4-19-16-7-8-20(12(3)11(16)2)10-13-5-6-14(17)9-15(13)18/h5-6,9,11-12,16,19H,4,7-8,10H2,1-3H3. The van der Waals surface area contributed by atoms with Crippen molar-refractivity contribution in [2.24, 2.45) is 5.92 Å². The van der Waals surface area contributed by atoms with Gasteiger partial charge in [0.05, 0.1) is 0 Å². The van der Waals surface area contributed by atoms with E-state index in [1.54, 1.807) is 6.07 Å². The van der Waals surface area contributed by atoms with Crippen LogP contribution in [-0.2, 0) is 6.54 Å². The molecule has 20 heavy (non-hydrogen) atoms. The number of piperidine rings is 1. The zero-order valence-corrected chi connectivity index (χ0v) is 12.5. The monoisotopic (exact) mass is 282 g/mol. The number of hydrogen-bond donors (Lipinski definition) is 1. The second-order valence-electron chi connectivity index (χ2n) is 5.76. The summed E-state index contributed by atoms with van der Waals surface area (Å²) in [6.45, 7) is 9.03. The molecule has 2 nitrogen and oxygen atoms in total. The molecule has 1 saturated heterocycles. The van der Waals surface area contributed by atoms with E-state index in [1.165, 1.54) is 6.07 Å². The van der Waals surface area contributed by atoms with Gasteiger partial charge in [-0.2, -0.15) is 0 Å². The molecule has 4 heteroatoms. The molecule has 112 valence electrons. The van der Waals surface area contributed by atoms with Crippen LogP contribution in [0.1, 0.15) is 32.8 Å². The maximum Gasteiger partial charge on any atom is 0.130 e. The fourth-order valence-electron chi connectivity index (χ4n) is 3.08. The van der Waals surface area contributed by atoms with E-state index in [-0.39, 0.29) is 0 Å². The number of benzene rings is 1. The van der Waals surface area contributed by atoms with Gasteiger partial charge in [-0.15, -0.1) is 0 Å². The van der Waals surface area contributed by atoms with Crippen LogP contribution in [0.4, 0.5) is 8.78 Å². The van der Waals surface area contributed by atoms with E-state index in [2.05, 4.69) is 31.0 Å². The summed E-state index contributed by atoms with van der Waals surface area (Å²) in [6, 6.07) is 4.77. The molecule has 1 N–H and O–H groups in total. The van der Waals surface area contributed by atoms with E-state index in [0.717, 1.165) is 25.6 Å². The maximum absolute atomic E-state index is 13.7. The van der Waals surface area contributed by atoms with E-state index >= 15 is 0 Å². The molecule has 2 rings (SSSR count). The van der Waals surface area contributed by atoms with Crippen LogP contribution in [0.3, 0.4) is 0 Å². The number of nitrogens with zero attached hydrogens (tertiary/aromatic N) is 1. The fourth-order valence-corrected chi connectivity index (χ4v) is 3.08. The molecule has 0 radical (unpaired) electrons. The van der Waals surface area contributed by atoms with Crippen LogP contribution in [0, 0.1) is 17.6 Å². The normalized spacial score (nSPS) is 27.8. The lowest BCUT2D eigenvalue weighted by Gasteiger charge is -2.43. The van der Waals surface area contributed by atoms with E-state index in [4.69, 9.17) is 0 Å². The fraction of sp³-hybridized carbons (Fsp3) is 0.625. The molecule has 1 fully saturated rings. The van der Waals surface area contributed by atoms with Crippen molar-refractivity contribution in [2.45, 2.75) is 45.8 Å². The zero-order valence-electron chi connectivity index (χ0n) is 12.5. The Labute approximate surface area is 120 Å². The molecule has 1 aliphatic heterocycles. The van der Waals surface area contributed by atoms with Crippen LogP contribution in [0.5, 0.6) is 0 Å². The second kappa shape index (κ2) is 6.64. The molecule has 0 spiro atoms. The van der Waals surface area contributed by atoms with E-state index in [9.17, 15) is 8.78 Å². The number of hydrogen-bond acceptors (Lipinski definition) is 2. The Kier molecular flexibility index (Phi) is 5.11. The van der Waals surface area contributed by atoms with Gasteiger partial charge < -0.3 is 5.32 Å². The number of likely N-dealkylation sites (tertiary alicyclic amines) is 1. The van der Waals surface area contributed by atoms with E-state index in [0.29, 0.717) is 30.1 Å². The van der Waals surface area contributed by atoms with E-state index in [1.807, 2.05) is 0 Å². The highest BCUT2D eigenvalue weighted by molar-refractivity contribution is 5.18. The van der Waals surface area contributed by atoms with Crippen LogP contribution in [0.15, 0.2) is 18.2 Å². The molecule has 0 bridgehead atoms. The van der Waals surface area contributed by atoms with Gasteiger partial charge in [0.15, 0.2) is 0 Å². The Balaban J connectivity index is 2.03. The van der Waals surface area contributed by atoms with E-state index < -0.39 is 11.6 Å². The molecule has 3 unspecified atom stereocenters. The predicted octanol–water partition coefficient (Wildman–Crippen LogP) is 3.17. The summed E-state index contributed by atoms with van der Waals surface area (Å²) in [5.74, 6) is -0.440. The van der Waals surface area contributed by atoms with Crippen molar-refractivity contribution in [1.29, 1.82) is 0 Å². The third-order valence-electron chi connectivity index (χ3n) is 4.55. The molecule has 0 amide bonds. The summed E-state index contributed by atoms with van der Waals surface area (Å²) in [4.78, 5) is 2.29. The number of halogens is 2. The highest BCUT2D eigenvalue weighted by Crippen LogP contribution is 2.26. The minimum atomic E-state index is -0.515. The average molecular weight is 282 g/mol. The zero-order chi connectivity index (χ0) is 14.7. The topological polar surface area (TPSA) is 15.3 Å². The van der Waals surface area contributed by atoms with Crippen LogP contribution in [-0.4, -0.2) is 30.1 Å². The Morgan fingerprint density at radius 3 is 2.70 bits per heavy atom. The smallest absolute Gasteiger partial charge is 0.130 e. The van der Waals surface area contributed by atoms with Gasteiger partial charge in [-0.05, 0) is 31.9 Å². The SMILES string of the molecule is CCNC1CCN(Cc2ccc(F)cc2F)C(C)C1C. The van der Waals surface area contributed by atoms with Crippen molar-refractivity contribution < 1.29 is 8.78 Å². The Hall–Kier alpha value is -1.00. The van der Waals surface area contributed by atoms with Gasteiger partial charge in [-0.3, -0.25) is 4.90 Å². The second-order valence-corrected chi connectivity index (χ2v) is 5.76. The van der Waals surface area contributed by atoms with Crippen LogP contribution in [0.25, 0.3) is 0 Å². The lowest BCUT2D eigenvalue weighted by molar-refractivity contribution is 0.0780. The van der Waals surface area contributed by atoms with Gasteiger partial charge in [0, 0.05) is 36.8 Å². The van der Waals surface area contributed by atoms with Gasteiger partial charge in [-0.25, -0.2) is 8.78 Å². The van der Waals surface area contributed by atoms with Crippen LogP contribution < -0.4 is 5.32 Å². The van der Waals surface area contributed by atoms with Gasteiger partial charge in [-0.1, -0.05) is 19.9 Å². The van der Waals surface area contributed by atoms with Gasteiger partial charge in [0.2, 0.25) is 0 Å². The minimum absolute atomic E-state index is 0.386. The minimum Gasteiger partial charge on any atom is -0.314 e.